The largest absolute Gasteiger partial charge is 0.410 e. The van der Waals surface area contributed by atoms with Crippen LogP contribution in [0.5, 0.6) is 0 Å². The van der Waals surface area contributed by atoms with Gasteiger partial charge in [-0.3, -0.25) is 0 Å². The van der Waals surface area contributed by atoms with Gasteiger partial charge in [0.05, 0.1) is 22.9 Å². The molecule has 0 unspecified atom stereocenters. The van der Waals surface area contributed by atoms with Crippen LogP contribution < -0.4 is 0 Å². The first-order valence-corrected chi connectivity index (χ1v) is 14.0. The monoisotopic (exact) mass is 416 g/mol. The van der Waals surface area contributed by atoms with Crippen LogP contribution >= 0.6 is 0 Å². The van der Waals surface area contributed by atoms with Crippen LogP contribution in [0.2, 0.25) is 18.1 Å². The normalized spacial score (nSPS) is 17.0. The molecule has 1 aromatic rings. The van der Waals surface area contributed by atoms with Crippen molar-refractivity contribution in [2.45, 2.75) is 82.4 Å². The summed E-state index contributed by atoms with van der Waals surface area (Å²) in [5.74, 6) is -0.186. The second-order valence-corrected chi connectivity index (χ2v) is 16.0. The summed E-state index contributed by atoms with van der Waals surface area (Å²) in [5.41, 5.74) is 0. The van der Waals surface area contributed by atoms with E-state index in [9.17, 15) is 18.6 Å². The van der Waals surface area contributed by atoms with Gasteiger partial charge in [-0.15, -0.1) is 0 Å². The minimum Gasteiger partial charge on any atom is -0.410 e. The molecular weight excluding hydrogens is 380 g/mol. The summed E-state index contributed by atoms with van der Waals surface area (Å²) in [6.07, 6.45) is -2.90. The van der Waals surface area contributed by atoms with Gasteiger partial charge in [0.1, 0.15) is 6.10 Å². The molecule has 2 N–H and O–H groups in total. The molecule has 0 aliphatic rings. The lowest BCUT2D eigenvalue weighted by Crippen LogP contribution is -2.52. The van der Waals surface area contributed by atoms with E-state index in [0.717, 1.165) is 0 Å². The molecule has 3 atom stereocenters. The van der Waals surface area contributed by atoms with Gasteiger partial charge in [-0.05, 0) is 42.6 Å². The Morgan fingerprint density at radius 3 is 2.04 bits per heavy atom. The van der Waals surface area contributed by atoms with Crippen molar-refractivity contribution in [3.8, 4) is 0 Å². The quantitative estimate of drug-likeness (QED) is 0.601. The number of sulfone groups is 1. The van der Waals surface area contributed by atoms with E-state index >= 15 is 0 Å². The van der Waals surface area contributed by atoms with Crippen LogP contribution in [-0.4, -0.2) is 51.0 Å². The number of hydrogen-bond donors (Lipinski definition) is 2. The molecule has 0 bridgehead atoms. The predicted molar refractivity (Wildman–Crippen MR) is 112 cm³/mol. The van der Waals surface area contributed by atoms with Gasteiger partial charge >= 0.3 is 0 Å². The van der Waals surface area contributed by atoms with Crippen LogP contribution in [-0.2, 0) is 14.3 Å². The van der Waals surface area contributed by atoms with Gasteiger partial charge in [0.25, 0.3) is 0 Å². The molecule has 1 aromatic carbocycles. The highest BCUT2D eigenvalue weighted by molar-refractivity contribution is 7.91. The summed E-state index contributed by atoms with van der Waals surface area (Å²) in [6.45, 7) is 14.1. The Bertz CT molecular complexity index is 680. The van der Waals surface area contributed by atoms with Crippen molar-refractivity contribution in [1.82, 2.24) is 0 Å². The van der Waals surface area contributed by atoms with Crippen LogP contribution in [0.3, 0.4) is 0 Å². The fourth-order valence-electron chi connectivity index (χ4n) is 2.57. The Hall–Kier alpha value is -0.733. The molecule has 0 aliphatic carbocycles. The molecule has 0 saturated carbocycles. The lowest BCUT2D eigenvalue weighted by Gasteiger charge is -2.41. The molecule has 156 valence electrons. The summed E-state index contributed by atoms with van der Waals surface area (Å²) in [4.78, 5) is 0.194. The third-order valence-corrected chi connectivity index (χ3v) is 11.5. The lowest BCUT2D eigenvalue weighted by molar-refractivity contribution is -0.0523. The first-order chi connectivity index (χ1) is 12.2. The van der Waals surface area contributed by atoms with Gasteiger partial charge in [0.15, 0.2) is 18.2 Å². The van der Waals surface area contributed by atoms with E-state index in [-0.39, 0.29) is 21.6 Å². The van der Waals surface area contributed by atoms with Crippen LogP contribution in [0.4, 0.5) is 0 Å². The van der Waals surface area contributed by atoms with Gasteiger partial charge in [0.2, 0.25) is 0 Å². The summed E-state index contributed by atoms with van der Waals surface area (Å²) in [7, 11) is -6.01. The summed E-state index contributed by atoms with van der Waals surface area (Å²) in [6, 6.07) is 8.16. The fraction of sp³-hybridized carbons (Fsp3) is 0.700. The third kappa shape index (κ3) is 6.98. The van der Waals surface area contributed by atoms with Gasteiger partial charge in [-0.2, -0.15) is 0 Å². The van der Waals surface area contributed by atoms with E-state index in [1.807, 2.05) is 26.9 Å². The van der Waals surface area contributed by atoms with Gasteiger partial charge in [0, 0.05) is 0 Å². The molecule has 0 fully saturated rings. The van der Waals surface area contributed by atoms with E-state index in [2.05, 4.69) is 20.8 Å². The Balaban J connectivity index is 3.17. The highest BCUT2D eigenvalue weighted by atomic mass is 32.2. The number of aliphatic hydroxyl groups is 2. The second-order valence-electron chi connectivity index (χ2n) is 9.20. The van der Waals surface area contributed by atoms with Gasteiger partial charge < -0.3 is 14.6 Å². The van der Waals surface area contributed by atoms with Crippen molar-refractivity contribution in [1.29, 1.82) is 0 Å². The van der Waals surface area contributed by atoms with Crippen molar-refractivity contribution in [3.63, 3.8) is 0 Å². The fourth-order valence-corrected chi connectivity index (χ4v) is 5.48. The zero-order valence-corrected chi connectivity index (χ0v) is 19.5. The van der Waals surface area contributed by atoms with Crippen LogP contribution in [0.15, 0.2) is 35.2 Å². The Labute approximate surface area is 165 Å². The third-order valence-electron chi connectivity index (χ3n) is 5.23. The van der Waals surface area contributed by atoms with E-state index in [1.165, 1.54) is 12.1 Å². The highest BCUT2D eigenvalue weighted by Gasteiger charge is 2.43. The smallest absolute Gasteiger partial charge is 0.192 e. The van der Waals surface area contributed by atoms with Gasteiger partial charge in [-0.1, -0.05) is 52.8 Å². The number of benzene rings is 1. The van der Waals surface area contributed by atoms with Crippen LogP contribution in [0.25, 0.3) is 0 Å². The van der Waals surface area contributed by atoms with E-state index in [0.29, 0.717) is 6.42 Å². The average molecular weight is 417 g/mol. The van der Waals surface area contributed by atoms with E-state index in [4.69, 9.17) is 4.43 Å². The summed E-state index contributed by atoms with van der Waals surface area (Å²) >= 11 is 0. The lowest BCUT2D eigenvalue weighted by atomic mass is 9.99. The number of hydrogen-bond acceptors (Lipinski definition) is 5. The maximum atomic E-state index is 12.9. The highest BCUT2D eigenvalue weighted by Crippen LogP contribution is 2.38. The predicted octanol–water partition coefficient (Wildman–Crippen LogP) is 3.62. The molecule has 1 rings (SSSR count). The van der Waals surface area contributed by atoms with E-state index < -0.39 is 36.5 Å². The zero-order chi connectivity index (χ0) is 21.0. The standard InChI is InChI=1S/C20H36O5SSi/c1-15(2)13-17(21)19(22)18(25-27(6,7)20(3,4)5)14-26(23,24)16-11-9-8-10-12-16/h8-12,15,17-19,21-22H,13-14H2,1-7H3/t17-,18-,19-/m0/s1. The van der Waals surface area contributed by atoms with Crippen molar-refractivity contribution in [3.05, 3.63) is 30.3 Å². The summed E-state index contributed by atoms with van der Waals surface area (Å²) < 4.78 is 32.0. The Morgan fingerprint density at radius 2 is 1.59 bits per heavy atom. The van der Waals surface area contributed by atoms with Crippen molar-refractivity contribution in [2.24, 2.45) is 5.92 Å². The Morgan fingerprint density at radius 1 is 1.07 bits per heavy atom. The molecule has 5 nitrogen and oxygen atoms in total. The van der Waals surface area contributed by atoms with Gasteiger partial charge in [-0.25, -0.2) is 8.42 Å². The first kappa shape index (κ1) is 24.3. The number of aliphatic hydroxyl groups excluding tert-OH is 2. The van der Waals surface area contributed by atoms with Crippen LogP contribution in [0.1, 0.15) is 41.0 Å². The molecule has 7 heteroatoms. The SMILES string of the molecule is CC(C)C[C@H](O)[C@H](O)[C@H](CS(=O)(=O)c1ccccc1)O[Si](C)(C)C(C)(C)C. The van der Waals surface area contributed by atoms with Crippen molar-refractivity contribution >= 4 is 18.2 Å². The van der Waals surface area contributed by atoms with Crippen molar-refractivity contribution < 1.29 is 23.1 Å². The van der Waals surface area contributed by atoms with Crippen LogP contribution in [0, 0.1) is 5.92 Å². The number of rotatable bonds is 9. The Kier molecular flexibility index (Phi) is 8.26. The molecule has 0 saturated heterocycles. The molecule has 0 heterocycles. The molecule has 27 heavy (non-hydrogen) atoms. The minimum absolute atomic E-state index is 0.148. The first-order valence-electron chi connectivity index (χ1n) is 9.49. The summed E-state index contributed by atoms with van der Waals surface area (Å²) in [5, 5.41) is 21.0. The molecule has 0 amide bonds. The second kappa shape index (κ2) is 9.18. The topological polar surface area (TPSA) is 83.8 Å². The average Bonchev–Trinajstić information content (AvgIpc) is 2.52. The molecule has 0 spiro atoms. The van der Waals surface area contributed by atoms with E-state index in [1.54, 1.807) is 18.2 Å². The maximum absolute atomic E-state index is 12.9. The minimum atomic E-state index is -3.66. The molecule has 0 aromatic heterocycles. The molecule has 0 aliphatic heterocycles. The molecular formula is C20H36O5SSi. The zero-order valence-electron chi connectivity index (χ0n) is 17.6. The maximum Gasteiger partial charge on any atom is 0.192 e. The molecule has 0 radical (unpaired) electrons. The van der Waals surface area contributed by atoms with Crippen molar-refractivity contribution in [2.75, 3.05) is 5.75 Å².